The molecule has 1 atom stereocenters. The van der Waals surface area contributed by atoms with Gasteiger partial charge in [-0.25, -0.2) is 4.79 Å². The smallest absolute Gasteiger partial charge is 0.417 e. The SMILES string of the molecule is O=C(O)c1ccc(C=CC(c2cc(Cl)c(Br)c(Br)c2)C(F)(F)F)cc1C(F)(F)F. The van der Waals surface area contributed by atoms with Gasteiger partial charge < -0.3 is 5.11 Å². The van der Waals surface area contributed by atoms with Crippen molar-refractivity contribution in [1.82, 2.24) is 0 Å². The number of aromatic carboxylic acids is 1. The molecule has 1 N–H and O–H groups in total. The molecule has 11 heteroatoms. The Bertz CT molecular complexity index is 947. The largest absolute Gasteiger partial charge is 0.478 e. The van der Waals surface area contributed by atoms with E-state index >= 15 is 0 Å². The van der Waals surface area contributed by atoms with Crippen molar-refractivity contribution in [2.24, 2.45) is 0 Å². The van der Waals surface area contributed by atoms with Gasteiger partial charge in [-0.3, -0.25) is 0 Å². The van der Waals surface area contributed by atoms with E-state index in [2.05, 4.69) is 31.9 Å². The molecule has 2 rings (SSSR count). The molecule has 1 unspecified atom stereocenters. The number of carboxylic acids is 1. The van der Waals surface area contributed by atoms with Gasteiger partial charge >= 0.3 is 18.3 Å². The highest BCUT2D eigenvalue weighted by atomic mass is 79.9. The normalized spacial score (nSPS) is 13.7. The molecule has 0 spiro atoms. The van der Waals surface area contributed by atoms with E-state index < -0.39 is 35.4 Å². The van der Waals surface area contributed by atoms with E-state index in [9.17, 15) is 31.1 Å². The van der Waals surface area contributed by atoms with E-state index in [1.165, 1.54) is 6.07 Å². The van der Waals surface area contributed by atoms with Gasteiger partial charge in [-0.05, 0) is 67.3 Å². The monoisotopic (exact) mass is 564 g/mol. The van der Waals surface area contributed by atoms with Crippen LogP contribution in [0.5, 0.6) is 0 Å². The van der Waals surface area contributed by atoms with E-state index in [-0.39, 0.29) is 20.6 Å². The van der Waals surface area contributed by atoms with Gasteiger partial charge in [0.1, 0.15) is 0 Å². The highest BCUT2D eigenvalue weighted by molar-refractivity contribution is 9.13. The van der Waals surface area contributed by atoms with Crippen molar-refractivity contribution in [1.29, 1.82) is 0 Å². The predicted octanol–water partition coefficient (Wildman–Crippen LogP) is 7.94. The van der Waals surface area contributed by atoms with Gasteiger partial charge in [-0.2, -0.15) is 26.3 Å². The number of allylic oxidation sites excluding steroid dienone is 1. The van der Waals surface area contributed by atoms with Gasteiger partial charge in [0.15, 0.2) is 0 Å². The standard InChI is InChI=1S/C18H9Br2ClF6O2/c19-13-6-9(7-14(21)15(13)20)11(17(22,23)24)4-2-8-1-3-10(16(28)29)12(5-8)18(25,26)27/h1-7,11H,(H,28,29). The molecule has 0 aliphatic carbocycles. The van der Waals surface area contributed by atoms with Gasteiger partial charge in [-0.1, -0.05) is 29.8 Å². The number of rotatable bonds is 4. The summed E-state index contributed by atoms with van der Waals surface area (Å²) in [5.74, 6) is -3.95. The second-order valence-electron chi connectivity index (χ2n) is 5.78. The molecule has 0 aromatic heterocycles. The molecule has 2 aromatic carbocycles. The molecule has 0 aliphatic heterocycles. The number of benzene rings is 2. The summed E-state index contributed by atoms with van der Waals surface area (Å²) in [6, 6.07) is 4.45. The van der Waals surface area contributed by atoms with Gasteiger partial charge in [0, 0.05) is 4.47 Å². The molecule has 29 heavy (non-hydrogen) atoms. The zero-order chi connectivity index (χ0) is 22.1. The average Bonchev–Trinajstić information content (AvgIpc) is 2.57. The van der Waals surface area contributed by atoms with Crippen LogP contribution in [0.1, 0.15) is 33.0 Å². The molecule has 156 valence electrons. The summed E-state index contributed by atoms with van der Waals surface area (Å²) in [6.45, 7) is 0. The van der Waals surface area contributed by atoms with Crippen LogP contribution in [0.25, 0.3) is 6.08 Å². The summed E-state index contributed by atoms with van der Waals surface area (Å²) < 4.78 is 80.5. The lowest BCUT2D eigenvalue weighted by Gasteiger charge is -2.18. The van der Waals surface area contributed by atoms with Crippen LogP contribution in [-0.4, -0.2) is 17.3 Å². The van der Waals surface area contributed by atoms with Gasteiger partial charge in [0.2, 0.25) is 0 Å². The van der Waals surface area contributed by atoms with Crippen LogP contribution in [-0.2, 0) is 6.18 Å². The topological polar surface area (TPSA) is 37.3 Å². The summed E-state index contributed by atoms with van der Waals surface area (Å²) in [5, 5.41) is 8.90. The first-order valence-corrected chi connectivity index (χ1v) is 9.52. The molecule has 0 fully saturated rings. The number of carboxylic acid groups (broad SMARTS) is 1. The molecule has 0 aliphatic rings. The van der Waals surface area contributed by atoms with Crippen LogP contribution in [0.2, 0.25) is 5.02 Å². The minimum atomic E-state index is -4.98. The lowest BCUT2D eigenvalue weighted by molar-refractivity contribution is -0.139. The van der Waals surface area contributed by atoms with Crippen LogP contribution in [0, 0.1) is 0 Å². The van der Waals surface area contributed by atoms with E-state index in [0.717, 1.165) is 18.2 Å². The van der Waals surface area contributed by atoms with Crippen molar-refractivity contribution in [2.45, 2.75) is 18.3 Å². The number of alkyl halides is 6. The van der Waals surface area contributed by atoms with Gasteiger partial charge in [0.25, 0.3) is 0 Å². The third kappa shape index (κ3) is 5.76. The fraction of sp³-hybridized carbons (Fsp3) is 0.167. The maximum Gasteiger partial charge on any atom is 0.417 e. The second-order valence-corrected chi connectivity index (χ2v) is 7.84. The summed E-state index contributed by atoms with van der Waals surface area (Å²) in [5.41, 5.74) is -2.92. The van der Waals surface area contributed by atoms with Gasteiger partial charge in [-0.15, -0.1) is 0 Å². The zero-order valence-electron chi connectivity index (χ0n) is 13.9. The van der Waals surface area contributed by atoms with Crippen LogP contribution in [0.3, 0.4) is 0 Å². The summed E-state index contributed by atoms with van der Waals surface area (Å²) in [7, 11) is 0. The molecular weight excluding hydrogens is 557 g/mol. The van der Waals surface area contributed by atoms with Crippen molar-refractivity contribution in [3.8, 4) is 0 Å². The Hall–Kier alpha value is -1.52. The van der Waals surface area contributed by atoms with Crippen molar-refractivity contribution in [3.05, 3.63) is 72.6 Å². The Labute approximate surface area is 182 Å². The molecule has 2 aromatic rings. The number of carbonyl (C=O) groups is 1. The molecule has 0 radical (unpaired) electrons. The molecule has 0 bridgehead atoms. The maximum absolute atomic E-state index is 13.5. The van der Waals surface area contributed by atoms with E-state index in [1.807, 2.05) is 0 Å². The van der Waals surface area contributed by atoms with Crippen LogP contribution in [0.4, 0.5) is 26.3 Å². The van der Waals surface area contributed by atoms with Crippen molar-refractivity contribution < 1.29 is 36.2 Å². The molecule has 0 heterocycles. The first-order chi connectivity index (χ1) is 13.2. The van der Waals surface area contributed by atoms with E-state index in [0.29, 0.717) is 22.7 Å². The third-order valence-electron chi connectivity index (χ3n) is 3.78. The van der Waals surface area contributed by atoms with E-state index in [4.69, 9.17) is 16.7 Å². The maximum atomic E-state index is 13.5. The second kappa shape index (κ2) is 8.69. The van der Waals surface area contributed by atoms with Crippen molar-refractivity contribution in [3.63, 3.8) is 0 Å². The van der Waals surface area contributed by atoms with Crippen LogP contribution >= 0.6 is 43.5 Å². The number of hydrogen-bond donors (Lipinski definition) is 1. The average molecular weight is 567 g/mol. The fourth-order valence-corrected chi connectivity index (χ4v) is 3.51. The molecule has 0 saturated heterocycles. The lowest BCUT2D eigenvalue weighted by Crippen LogP contribution is -2.19. The fourth-order valence-electron chi connectivity index (χ4n) is 2.46. The Morgan fingerprint density at radius 3 is 2.17 bits per heavy atom. The predicted molar refractivity (Wildman–Crippen MR) is 103 cm³/mol. The van der Waals surface area contributed by atoms with Gasteiger partial charge in [0.05, 0.1) is 26.5 Å². The Morgan fingerprint density at radius 1 is 1.07 bits per heavy atom. The first kappa shape index (κ1) is 23.8. The number of halogens is 9. The summed E-state index contributed by atoms with van der Waals surface area (Å²) in [6.07, 6.45) is -8.20. The van der Waals surface area contributed by atoms with E-state index in [1.54, 1.807) is 0 Å². The zero-order valence-corrected chi connectivity index (χ0v) is 17.8. The minimum absolute atomic E-state index is 0.0159. The first-order valence-electron chi connectivity index (χ1n) is 7.55. The van der Waals surface area contributed by atoms with Crippen LogP contribution < -0.4 is 0 Å². The molecular formula is C18H9Br2ClF6O2. The molecule has 2 nitrogen and oxygen atoms in total. The van der Waals surface area contributed by atoms with Crippen molar-refractivity contribution >= 4 is 55.5 Å². The highest BCUT2D eigenvalue weighted by Crippen LogP contribution is 2.41. The van der Waals surface area contributed by atoms with Crippen LogP contribution in [0.15, 0.2) is 45.4 Å². The lowest BCUT2D eigenvalue weighted by atomic mass is 9.96. The summed E-state index contributed by atoms with van der Waals surface area (Å²) >= 11 is 12.1. The third-order valence-corrected chi connectivity index (χ3v) is 6.32. The molecule has 0 saturated carbocycles. The highest BCUT2D eigenvalue weighted by Gasteiger charge is 2.39. The Kier molecular flexibility index (Phi) is 7.12. The summed E-state index contributed by atoms with van der Waals surface area (Å²) in [4.78, 5) is 11.0. The Balaban J connectivity index is 2.52. The number of hydrogen-bond acceptors (Lipinski definition) is 1. The Morgan fingerprint density at radius 2 is 1.69 bits per heavy atom. The molecule has 0 amide bonds. The van der Waals surface area contributed by atoms with Crippen molar-refractivity contribution in [2.75, 3.05) is 0 Å². The minimum Gasteiger partial charge on any atom is -0.478 e. The quantitative estimate of drug-likeness (QED) is 0.301.